The Kier molecular flexibility index (Phi) is 7.86. The van der Waals surface area contributed by atoms with Crippen molar-refractivity contribution in [2.75, 3.05) is 13.1 Å². The number of amides is 2. The minimum Gasteiger partial charge on any atom is -0.348 e. The molecule has 2 aliphatic heterocycles. The van der Waals surface area contributed by atoms with Crippen LogP contribution in [0.5, 0.6) is 0 Å². The van der Waals surface area contributed by atoms with Crippen LogP contribution in [0.4, 0.5) is 10.1 Å². The van der Waals surface area contributed by atoms with E-state index in [1.165, 1.54) is 12.1 Å². The molecule has 1 spiro atoms. The summed E-state index contributed by atoms with van der Waals surface area (Å²) in [7, 11) is -2.85. The van der Waals surface area contributed by atoms with Crippen molar-refractivity contribution in [3.8, 4) is 0 Å². The molecule has 0 bridgehead atoms. The first-order valence-corrected chi connectivity index (χ1v) is 17.6. The smallest absolute Gasteiger partial charge is 0.348 e. The van der Waals surface area contributed by atoms with Crippen LogP contribution in [0.1, 0.15) is 63.4 Å². The van der Waals surface area contributed by atoms with Crippen molar-refractivity contribution in [1.82, 2.24) is 24.3 Å². The normalized spacial score (nSPS) is 21.8. The van der Waals surface area contributed by atoms with Gasteiger partial charge >= 0.3 is 15.9 Å². The van der Waals surface area contributed by atoms with Gasteiger partial charge in [-0.1, -0.05) is 29.8 Å². The number of carbonyl (C=O) groups excluding carboxylic acids is 2. The van der Waals surface area contributed by atoms with E-state index in [1.807, 2.05) is 18.2 Å². The van der Waals surface area contributed by atoms with E-state index in [4.69, 9.17) is 11.6 Å². The molecule has 4 aromatic rings. The molecule has 2 fully saturated rings. The van der Waals surface area contributed by atoms with Crippen molar-refractivity contribution in [3.05, 3.63) is 112 Å². The Morgan fingerprint density at radius 2 is 1.77 bits per heavy atom. The molecule has 244 valence electrons. The molecule has 9 nitrogen and oxygen atoms in total. The number of halogens is 2. The van der Waals surface area contributed by atoms with Gasteiger partial charge in [0.05, 0.1) is 5.41 Å². The third-order valence-electron chi connectivity index (χ3n) is 10.2. The third kappa shape index (κ3) is 4.94. The van der Waals surface area contributed by atoms with Gasteiger partial charge in [-0.15, -0.1) is 3.89 Å². The van der Waals surface area contributed by atoms with Gasteiger partial charge in [0.25, 0.3) is 5.91 Å². The Hall–Kier alpha value is -3.90. The standard InChI is InChI=1S/C35H35ClFN5O4S/c1-22-19-30(40-41(22)2)34(44)42(47(45,46)27-12-10-26(37)11-13-27)31-14-9-24(33(43)39-21-25-5-3-4-6-29(25)36)20-28(31)35(15-17-38-18-16-35)32(42)23-7-8-23/h3-6,9-14,19-20,23,32,38H,7-8,15-18,21H2,1-2H3/p+1. The van der Waals surface area contributed by atoms with Crippen molar-refractivity contribution >= 4 is 39.1 Å². The van der Waals surface area contributed by atoms with E-state index in [0.29, 0.717) is 53.5 Å². The van der Waals surface area contributed by atoms with Crippen LogP contribution in [0.15, 0.2) is 77.7 Å². The summed E-state index contributed by atoms with van der Waals surface area (Å²) >= 11 is 6.33. The number of nitrogens with one attached hydrogen (secondary N) is 2. The fourth-order valence-corrected chi connectivity index (χ4v) is 10.2. The zero-order valence-electron chi connectivity index (χ0n) is 26.2. The van der Waals surface area contributed by atoms with Crippen molar-refractivity contribution < 1.29 is 22.4 Å². The fraction of sp³-hybridized carbons (Fsp3) is 0.343. The maximum absolute atomic E-state index is 15.3. The molecule has 0 radical (unpaired) electrons. The largest absolute Gasteiger partial charge is 0.387 e. The summed E-state index contributed by atoms with van der Waals surface area (Å²) < 4.78 is 45.3. The van der Waals surface area contributed by atoms with Gasteiger partial charge < -0.3 is 10.6 Å². The number of nitrogens with zero attached hydrogens (tertiary/aromatic N) is 3. The second-order valence-corrected chi connectivity index (χ2v) is 15.3. The van der Waals surface area contributed by atoms with Gasteiger partial charge in [0, 0.05) is 47.4 Å². The predicted molar refractivity (Wildman–Crippen MR) is 177 cm³/mol. The van der Waals surface area contributed by atoms with Crippen molar-refractivity contribution in [1.29, 1.82) is 0 Å². The highest BCUT2D eigenvalue weighted by Crippen LogP contribution is 2.63. The number of carbonyl (C=O) groups is 2. The first kappa shape index (κ1) is 31.7. The molecular formula is C35H36ClFN5O4S+. The van der Waals surface area contributed by atoms with E-state index in [1.54, 1.807) is 49.0 Å². The number of piperidine rings is 1. The molecule has 2 atom stereocenters. The Balaban J connectivity index is 1.46. The summed E-state index contributed by atoms with van der Waals surface area (Å²) in [4.78, 5) is 28.7. The fourth-order valence-electron chi connectivity index (χ4n) is 7.77. The van der Waals surface area contributed by atoms with Crippen molar-refractivity contribution in [2.24, 2.45) is 13.0 Å². The average Bonchev–Trinajstić information content (AvgIpc) is 3.80. The first-order valence-electron chi connectivity index (χ1n) is 15.8. The molecule has 3 aliphatic rings. The Labute approximate surface area is 278 Å². The van der Waals surface area contributed by atoms with E-state index in [0.717, 1.165) is 30.5 Å². The van der Waals surface area contributed by atoms with Crippen LogP contribution in [-0.4, -0.2) is 49.1 Å². The predicted octanol–water partition coefficient (Wildman–Crippen LogP) is 5.40. The molecule has 2 amide bonds. The summed E-state index contributed by atoms with van der Waals surface area (Å²) in [5, 5.41) is 11.4. The van der Waals surface area contributed by atoms with Crippen LogP contribution < -0.4 is 14.5 Å². The zero-order valence-corrected chi connectivity index (χ0v) is 27.7. The Bertz CT molecular complexity index is 1980. The molecule has 12 heteroatoms. The summed E-state index contributed by atoms with van der Waals surface area (Å²) in [6.07, 6.45) is 2.71. The van der Waals surface area contributed by atoms with Gasteiger partial charge in [-0.2, -0.15) is 13.5 Å². The van der Waals surface area contributed by atoms with Crippen LogP contribution in [0.3, 0.4) is 0 Å². The van der Waals surface area contributed by atoms with E-state index in [-0.39, 0.29) is 29.0 Å². The number of quaternary nitrogens is 1. The molecule has 7 rings (SSSR count). The van der Waals surface area contributed by atoms with Crippen LogP contribution in [-0.2, 0) is 29.0 Å². The number of aromatic nitrogens is 2. The molecule has 1 aliphatic carbocycles. The number of aryl methyl sites for hydroxylation is 2. The minimum atomic E-state index is -4.56. The lowest BCUT2D eigenvalue weighted by Crippen LogP contribution is -2.67. The van der Waals surface area contributed by atoms with Gasteiger partial charge in [0.15, 0.2) is 11.4 Å². The highest BCUT2D eigenvalue weighted by molar-refractivity contribution is 7.91. The molecule has 47 heavy (non-hydrogen) atoms. The van der Waals surface area contributed by atoms with E-state index in [2.05, 4.69) is 15.7 Å². The second kappa shape index (κ2) is 11.7. The number of hydrogen-bond donors (Lipinski definition) is 2. The van der Waals surface area contributed by atoms with E-state index < -0.39 is 37.1 Å². The summed E-state index contributed by atoms with van der Waals surface area (Å²) in [5.41, 5.74) is 2.16. The first-order chi connectivity index (χ1) is 22.5. The zero-order chi connectivity index (χ0) is 33.1. The molecule has 1 aromatic heterocycles. The SMILES string of the molecule is Cc1cc(C(=O)[N+]2(S(=O)(=O)c3ccc(F)cc3)c3ccc(C(=O)NCc4ccccc4Cl)cc3C3(CCNCC3)C2C2CC2)nn1C. The number of hydrogen-bond acceptors (Lipinski definition) is 6. The molecular weight excluding hydrogens is 641 g/mol. The monoisotopic (exact) mass is 676 g/mol. The summed E-state index contributed by atoms with van der Waals surface area (Å²) in [6, 6.07) is 17.9. The van der Waals surface area contributed by atoms with Crippen LogP contribution in [0, 0.1) is 18.7 Å². The number of fused-ring (bicyclic) bond motifs is 2. The van der Waals surface area contributed by atoms with Crippen LogP contribution in [0.2, 0.25) is 5.02 Å². The molecule has 1 saturated carbocycles. The van der Waals surface area contributed by atoms with Crippen LogP contribution >= 0.6 is 11.6 Å². The number of benzene rings is 3. The third-order valence-corrected chi connectivity index (χ3v) is 12.8. The second-order valence-electron chi connectivity index (χ2n) is 12.9. The van der Waals surface area contributed by atoms with Crippen molar-refractivity contribution in [3.63, 3.8) is 0 Å². The van der Waals surface area contributed by atoms with Gasteiger partial charge in [0.1, 0.15) is 16.8 Å². The van der Waals surface area contributed by atoms with E-state index >= 15 is 13.2 Å². The average molecular weight is 677 g/mol. The Morgan fingerprint density at radius 3 is 2.40 bits per heavy atom. The molecule has 1 saturated heterocycles. The number of sulfonamides is 1. The molecule has 2 N–H and O–H groups in total. The van der Waals surface area contributed by atoms with E-state index in [9.17, 15) is 9.18 Å². The minimum absolute atomic E-state index is 0.0415. The maximum atomic E-state index is 15.3. The van der Waals surface area contributed by atoms with Gasteiger partial charge in [-0.3, -0.25) is 9.48 Å². The Morgan fingerprint density at radius 1 is 1.06 bits per heavy atom. The highest BCUT2D eigenvalue weighted by Gasteiger charge is 2.74. The van der Waals surface area contributed by atoms with Gasteiger partial charge in [-0.05, 0) is 99.8 Å². The quantitative estimate of drug-likeness (QED) is 0.254. The van der Waals surface area contributed by atoms with Crippen molar-refractivity contribution in [2.45, 2.75) is 55.5 Å². The highest BCUT2D eigenvalue weighted by atomic mass is 35.5. The lowest BCUT2D eigenvalue weighted by atomic mass is 9.68. The molecule has 3 aromatic carbocycles. The van der Waals surface area contributed by atoms with Gasteiger partial charge in [0.2, 0.25) is 0 Å². The lowest BCUT2D eigenvalue weighted by molar-refractivity contribution is 0.0749. The topological polar surface area (TPSA) is 110 Å². The molecule has 3 heterocycles. The summed E-state index contributed by atoms with van der Waals surface area (Å²) in [5.74, 6) is -1.63. The van der Waals surface area contributed by atoms with Gasteiger partial charge in [-0.25, -0.2) is 9.18 Å². The van der Waals surface area contributed by atoms with Crippen LogP contribution in [0.25, 0.3) is 0 Å². The maximum Gasteiger partial charge on any atom is 0.387 e. The lowest BCUT2D eigenvalue weighted by Gasteiger charge is -2.43. The molecule has 2 unspecified atom stereocenters. The summed E-state index contributed by atoms with van der Waals surface area (Å²) in [6.45, 7) is 3.27. The number of rotatable bonds is 7.